The molecule has 0 aliphatic carbocycles. The minimum absolute atomic E-state index is 0.00377. The Balaban J connectivity index is 1.94. The Morgan fingerprint density at radius 1 is 1.19 bits per heavy atom. The van der Waals surface area contributed by atoms with Crippen molar-refractivity contribution in [3.8, 4) is 0 Å². The van der Waals surface area contributed by atoms with Crippen LogP contribution < -0.4 is 4.90 Å². The van der Waals surface area contributed by atoms with Crippen LogP contribution in [0.5, 0.6) is 0 Å². The summed E-state index contributed by atoms with van der Waals surface area (Å²) in [5.41, 5.74) is 1.73. The van der Waals surface area contributed by atoms with Crippen LogP contribution in [-0.4, -0.2) is 66.0 Å². The van der Waals surface area contributed by atoms with E-state index >= 15 is 0 Å². The van der Waals surface area contributed by atoms with Crippen molar-refractivity contribution in [2.75, 3.05) is 37.6 Å². The molecule has 1 unspecified atom stereocenters. The van der Waals surface area contributed by atoms with Crippen LogP contribution in [0.15, 0.2) is 24.3 Å². The monoisotopic (exact) mass is 375 g/mol. The Labute approximate surface area is 160 Å². The van der Waals surface area contributed by atoms with Crippen molar-refractivity contribution in [1.29, 1.82) is 0 Å². The number of unbranched alkanes of at least 4 members (excludes halogenated alkanes) is 1. The number of piperazine rings is 1. The molecule has 1 atom stereocenters. The summed E-state index contributed by atoms with van der Waals surface area (Å²) in [6.45, 7) is 6.25. The quantitative estimate of drug-likeness (QED) is 0.310. The highest BCUT2D eigenvalue weighted by molar-refractivity contribution is 5.94. The summed E-state index contributed by atoms with van der Waals surface area (Å²) in [4.78, 5) is 38.9. The molecule has 0 bridgehead atoms. The highest BCUT2D eigenvalue weighted by Gasteiger charge is 2.28. The van der Waals surface area contributed by atoms with Crippen LogP contribution in [0.4, 0.5) is 5.69 Å². The topological polar surface area (TPSA) is 81.2 Å². The van der Waals surface area contributed by atoms with Gasteiger partial charge in [0.1, 0.15) is 0 Å². The largest absolute Gasteiger partial charge is 0.368 e. The Morgan fingerprint density at radius 2 is 1.81 bits per heavy atom. The number of ketones is 1. The summed E-state index contributed by atoms with van der Waals surface area (Å²) in [5, 5.41) is 10.0. The van der Waals surface area contributed by atoms with E-state index in [0.717, 1.165) is 18.5 Å². The predicted molar refractivity (Wildman–Crippen MR) is 103 cm³/mol. The normalized spacial score (nSPS) is 15.4. The maximum Gasteiger partial charge on any atom is 0.233 e. The molecular formula is C20H29N3O4. The number of carbonyl (C=O) groups excluding carboxylic acids is 3. The average molecular weight is 375 g/mol. The minimum atomic E-state index is -0.374. The lowest BCUT2D eigenvalue weighted by Crippen LogP contribution is -2.51. The van der Waals surface area contributed by atoms with Crippen LogP contribution in [0.3, 0.4) is 0 Å². The second kappa shape index (κ2) is 10.1. The zero-order valence-electron chi connectivity index (χ0n) is 16.1. The molecule has 148 valence electrons. The number of carbonyl (C=O) groups is 3. The molecule has 1 aliphatic rings. The van der Waals surface area contributed by atoms with Gasteiger partial charge in [0.05, 0.1) is 12.5 Å². The first-order valence-electron chi connectivity index (χ1n) is 9.51. The molecule has 1 aliphatic heterocycles. The van der Waals surface area contributed by atoms with Crippen molar-refractivity contribution < 1.29 is 19.6 Å². The zero-order chi connectivity index (χ0) is 19.8. The molecule has 1 aromatic rings. The van der Waals surface area contributed by atoms with Gasteiger partial charge in [0.2, 0.25) is 12.3 Å². The van der Waals surface area contributed by atoms with E-state index < -0.39 is 0 Å². The van der Waals surface area contributed by atoms with E-state index in [4.69, 9.17) is 0 Å². The van der Waals surface area contributed by atoms with Gasteiger partial charge >= 0.3 is 0 Å². The number of anilines is 1. The standard InChI is InChI=1S/C20H29N3O4/c1-3-4-5-18(14-23(27)15-24)20(26)22-12-10-21(11-13-22)19-8-6-17(7-9-19)16(2)25/h6-9,15,18,27H,3-5,10-14H2,1-2H3. The number of hydroxylamine groups is 2. The number of hydrogen-bond acceptors (Lipinski definition) is 5. The van der Waals surface area contributed by atoms with Crippen LogP contribution >= 0.6 is 0 Å². The summed E-state index contributed by atoms with van der Waals surface area (Å²) < 4.78 is 0. The van der Waals surface area contributed by atoms with Gasteiger partial charge in [-0.1, -0.05) is 19.8 Å². The van der Waals surface area contributed by atoms with Crippen molar-refractivity contribution in [1.82, 2.24) is 9.96 Å². The second-order valence-corrected chi connectivity index (χ2v) is 6.98. The third kappa shape index (κ3) is 5.79. The lowest BCUT2D eigenvalue weighted by molar-refractivity contribution is -0.157. The maximum atomic E-state index is 12.8. The van der Waals surface area contributed by atoms with E-state index in [2.05, 4.69) is 4.90 Å². The van der Waals surface area contributed by atoms with Crippen LogP contribution in [0.1, 0.15) is 43.5 Å². The van der Waals surface area contributed by atoms with Crippen molar-refractivity contribution >= 4 is 23.8 Å². The first kappa shape index (κ1) is 20.9. The van der Waals surface area contributed by atoms with E-state index in [0.29, 0.717) is 49.6 Å². The fourth-order valence-electron chi connectivity index (χ4n) is 3.36. The molecule has 0 spiro atoms. The van der Waals surface area contributed by atoms with E-state index in [-0.39, 0.29) is 24.2 Å². The second-order valence-electron chi connectivity index (χ2n) is 6.98. The van der Waals surface area contributed by atoms with Crippen LogP contribution in [0.25, 0.3) is 0 Å². The van der Waals surface area contributed by atoms with E-state index in [1.807, 2.05) is 36.1 Å². The molecule has 7 nitrogen and oxygen atoms in total. The number of rotatable bonds is 9. The number of hydrogen-bond donors (Lipinski definition) is 1. The molecule has 1 saturated heterocycles. The van der Waals surface area contributed by atoms with Gasteiger partial charge in [0.25, 0.3) is 0 Å². The molecule has 0 saturated carbocycles. The molecule has 7 heteroatoms. The zero-order valence-corrected chi connectivity index (χ0v) is 16.1. The van der Waals surface area contributed by atoms with E-state index in [9.17, 15) is 19.6 Å². The maximum absolute atomic E-state index is 12.8. The van der Waals surface area contributed by atoms with Crippen molar-refractivity contribution in [2.24, 2.45) is 5.92 Å². The SMILES string of the molecule is CCCCC(CN(O)C=O)C(=O)N1CCN(c2ccc(C(C)=O)cc2)CC1. The molecule has 0 radical (unpaired) electrons. The van der Waals surface area contributed by atoms with Crippen LogP contribution in [0.2, 0.25) is 0 Å². The van der Waals surface area contributed by atoms with E-state index in [1.165, 1.54) is 0 Å². The van der Waals surface area contributed by atoms with Gasteiger partial charge in [-0.15, -0.1) is 0 Å². The molecule has 2 rings (SSSR count). The van der Waals surface area contributed by atoms with Crippen molar-refractivity contribution in [3.63, 3.8) is 0 Å². The van der Waals surface area contributed by atoms with Gasteiger partial charge in [-0.05, 0) is 37.6 Å². The molecule has 1 fully saturated rings. The molecule has 27 heavy (non-hydrogen) atoms. The number of nitrogens with zero attached hydrogens (tertiary/aromatic N) is 3. The molecule has 1 heterocycles. The highest BCUT2D eigenvalue weighted by Crippen LogP contribution is 2.20. The molecular weight excluding hydrogens is 346 g/mol. The fourth-order valence-corrected chi connectivity index (χ4v) is 3.36. The molecule has 1 aromatic carbocycles. The molecule has 2 amide bonds. The van der Waals surface area contributed by atoms with Crippen LogP contribution in [-0.2, 0) is 9.59 Å². The first-order valence-corrected chi connectivity index (χ1v) is 9.51. The third-order valence-electron chi connectivity index (χ3n) is 5.01. The highest BCUT2D eigenvalue weighted by atomic mass is 16.5. The average Bonchev–Trinajstić information content (AvgIpc) is 2.70. The first-order chi connectivity index (χ1) is 13.0. The number of amides is 2. The molecule has 0 aromatic heterocycles. The number of Topliss-reactive ketones (excluding diaryl/α,β-unsaturated/α-hetero) is 1. The molecule has 1 N–H and O–H groups in total. The third-order valence-corrected chi connectivity index (χ3v) is 5.01. The van der Waals surface area contributed by atoms with Crippen molar-refractivity contribution in [2.45, 2.75) is 33.1 Å². The predicted octanol–water partition coefficient (Wildman–Crippen LogP) is 2.19. The Morgan fingerprint density at radius 3 is 2.33 bits per heavy atom. The fraction of sp³-hybridized carbons (Fsp3) is 0.550. The Hall–Kier alpha value is -2.41. The van der Waals surface area contributed by atoms with Crippen LogP contribution in [0, 0.1) is 5.92 Å². The summed E-state index contributed by atoms with van der Waals surface area (Å²) in [6, 6.07) is 7.52. The summed E-state index contributed by atoms with van der Waals surface area (Å²) >= 11 is 0. The van der Waals surface area contributed by atoms with Crippen molar-refractivity contribution in [3.05, 3.63) is 29.8 Å². The van der Waals surface area contributed by atoms with Gasteiger partial charge in [-0.25, -0.2) is 5.06 Å². The Bertz CT molecular complexity index is 639. The Kier molecular flexibility index (Phi) is 7.79. The van der Waals surface area contributed by atoms with Gasteiger partial charge in [-0.2, -0.15) is 0 Å². The lowest BCUT2D eigenvalue weighted by Gasteiger charge is -2.38. The van der Waals surface area contributed by atoms with Gasteiger partial charge in [0.15, 0.2) is 5.78 Å². The lowest BCUT2D eigenvalue weighted by atomic mass is 9.99. The van der Waals surface area contributed by atoms with Gasteiger partial charge < -0.3 is 9.80 Å². The summed E-state index contributed by atoms with van der Waals surface area (Å²) in [5.74, 6) is -0.333. The smallest absolute Gasteiger partial charge is 0.233 e. The number of benzene rings is 1. The van der Waals surface area contributed by atoms with Gasteiger partial charge in [0, 0.05) is 37.4 Å². The van der Waals surface area contributed by atoms with Gasteiger partial charge in [-0.3, -0.25) is 19.6 Å². The summed E-state index contributed by atoms with van der Waals surface area (Å²) in [7, 11) is 0. The van der Waals surface area contributed by atoms with E-state index in [1.54, 1.807) is 6.92 Å². The minimum Gasteiger partial charge on any atom is -0.368 e. The summed E-state index contributed by atoms with van der Waals surface area (Å²) in [6.07, 6.45) is 2.84.